The van der Waals surface area contributed by atoms with Crippen molar-refractivity contribution in [1.82, 2.24) is 9.97 Å². The first-order chi connectivity index (χ1) is 10.4. The third-order valence-corrected chi connectivity index (χ3v) is 4.89. The molecule has 2 aromatic carbocycles. The Balaban J connectivity index is 2.17. The van der Waals surface area contributed by atoms with Crippen molar-refractivity contribution in [2.75, 3.05) is 0 Å². The lowest BCUT2D eigenvalue weighted by Gasteiger charge is -2.13. The van der Waals surface area contributed by atoms with E-state index < -0.39 is 3.79 Å². The van der Waals surface area contributed by atoms with Gasteiger partial charge in [0.2, 0.25) is 3.79 Å². The smallest absolute Gasteiger partial charge is 0.228 e. The van der Waals surface area contributed by atoms with E-state index in [9.17, 15) is 0 Å². The summed E-state index contributed by atoms with van der Waals surface area (Å²) in [5, 5.41) is 2.22. The van der Waals surface area contributed by atoms with Gasteiger partial charge in [-0.25, -0.2) is 9.97 Å². The van der Waals surface area contributed by atoms with E-state index in [-0.39, 0.29) is 5.82 Å². The molecule has 1 aromatic heterocycles. The molecule has 3 rings (SSSR count). The van der Waals surface area contributed by atoms with E-state index in [2.05, 4.69) is 9.97 Å². The van der Waals surface area contributed by atoms with Gasteiger partial charge in [0.05, 0.1) is 10.5 Å². The number of benzene rings is 2. The molecule has 0 radical (unpaired) electrons. The number of hydrogen-bond donors (Lipinski definition) is 0. The maximum atomic E-state index is 6.21. The zero-order valence-corrected chi connectivity index (χ0v) is 14.8. The summed E-state index contributed by atoms with van der Waals surface area (Å²) in [5.74, 6) is 0.144. The predicted octanol–water partition coefficient (Wildman–Crippen LogP) is 6.26. The molecule has 0 fully saturated rings. The van der Waals surface area contributed by atoms with Crippen LogP contribution in [0.5, 0.6) is 0 Å². The Morgan fingerprint density at radius 1 is 0.864 bits per heavy atom. The second-order valence-corrected chi connectivity index (χ2v) is 8.12. The highest BCUT2D eigenvalue weighted by molar-refractivity contribution is 7.99. The van der Waals surface area contributed by atoms with Crippen LogP contribution in [0.3, 0.4) is 0 Å². The molecule has 0 unspecified atom stereocenters. The Hall–Kier alpha value is -0.710. The highest BCUT2D eigenvalue weighted by atomic mass is 35.6. The average Bonchev–Trinajstić information content (AvgIpc) is 2.48. The van der Waals surface area contributed by atoms with Crippen LogP contribution in [0.4, 0.5) is 0 Å². The minimum Gasteiger partial charge on any atom is -0.228 e. The molecule has 0 aliphatic heterocycles. The van der Waals surface area contributed by atoms with Gasteiger partial charge in [0, 0.05) is 10.3 Å². The number of alkyl halides is 3. The van der Waals surface area contributed by atoms with Gasteiger partial charge in [-0.15, -0.1) is 0 Å². The molecule has 3 aromatic rings. The lowest BCUT2D eigenvalue weighted by Crippen LogP contribution is -2.08. The first-order valence-corrected chi connectivity index (χ1v) is 8.54. The molecule has 2 nitrogen and oxygen atoms in total. The van der Waals surface area contributed by atoms with Gasteiger partial charge in [-0.05, 0) is 18.2 Å². The monoisotopic (exact) mass is 388 g/mol. The second-order valence-electron chi connectivity index (χ2n) is 4.40. The van der Waals surface area contributed by atoms with Gasteiger partial charge in [0.15, 0.2) is 5.82 Å². The summed E-state index contributed by atoms with van der Waals surface area (Å²) < 4.78 is -1.68. The topological polar surface area (TPSA) is 25.8 Å². The van der Waals surface area contributed by atoms with Crippen LogP contribution in [0.25, 0.3) is 10.9 Å². The standard InChI is InChI=1S/C15H8Cl4N2S/c16-10-6-2-4-8-12(10)22-13-9-5-1-3-7-11(9)20-14(21-13)15(17,18)19/h1-8H. The van der Waals surface area contributed by atoms with Crippen molar-refractivity contribution >= 4 is 69.1 Å². The minimum absolute atomic E-state index is 0.144. The van der Waals surface area contributed by atoms with E-state index in [0.29, 0.717) is 15.6 Å². The highest BCUT2D eigenvalue weighted by Crippen LogP contribution is 2.40. The Morgan fingerprint density at radius 3 is 2.27 bits per heavy atom. The fourth-order valence-corrected chi connectivity index (χ4v) is 3.32. The van der Waals surface area contributed by atoms with Gasteiger partial charge in [-0.2, -0.15) is 0 Å². The zero-order valence-electron chi connectivity index (χ0n) is 10.9. The molecule has 0 spiro atoms. The molecule has 112 valence electrons. The summed E-state index contributed by atoms with van der Waals surface area (Å²) in [7, 11) is 0. The molecular formula is C15H8Cl4N2S. The van der Waals surface area contributed by atoms with E-state index >= 15 is 0 Å². The number of para-hydroxylation sites is 1. The van der Waals surface area contributed by atoms with Gasteiger partial charge < -0.3 is 0 Å². The summed E-state index contributed by atoms with van der Waals surface area (Å²) in [5.41, 5.74) is 0.716. The third kappa shape index (κ3) is 3.44. The Kier molecular flexibility index (Phi) is 4.72. The first kappa shape index (κ1) is 16.2. The second kappa shape index (κ2) is 6.42. The molecule has 7 heteroatoms. The molecule has 0 aliphatic rings. The van der Waals surface area contributed by atoms with E-state index in [1.165, 1.54) is 11.8 Å². The van der Waals surface area contributed by atoms with Gasteiger partial charge in [-0.1, -0.05) is 88.5 Å². The van der Waals surface area contributed by atoms with E-state index in [4.69, 9.17) is 46.4 Å². The zero-order chi connectivity index (χ0) is 15.7. The normalized spacial score (nSPS) is 11.8. The fraction of sp³-hybridized carbons (Fsp3) is 0.0667. The Morgan fingerprint density at radius 2 is 1.55 bits per heavy atom. The fourth-order valence-electron chi connectivity index (χ4n) is 1.88. The summed E-state index contributed by atoms with van der Waals surface area (Å²) in [6.45, 7) is 0. The SMILES string of the molecule is Clc1ccccc1Sc1nc(C(Cl)(Cl)Cl)nc2ccccc12. The molecule has 22 heavy (non-hydrogen) atoms. The third-order valence-electron chi connectivity index (χ3n) is 2.87. The van der Waals surface area contributed by atoms with Crippen LogP contribution in [0.15, 0.2) is 58.5 Å². The van der Waals surface area contributed by atoms with Crippen LogP contribution in [-0.4, -0.2) is 9.97 Å². The first-order valence-electron chi connectivity index (χ1n) is 6.21. The Bertz CT molecular complexity index is 833. The molecular weight excluding hydrogens is 382 g/mol. The van der Waals surface area contributed by atoms with Crippen molar-refractivity contribution in [3.05, 3.63) is 59.4 Å². The maximum Gasteiger partial charge on any atom is 0.250 e. The van der Waals surface area contributed by atoms with Crippen molar-refractivity contribution in [3.63, 3.8) is 0 Å². The van der Waals surface area contributed by atoms with E-state index in [1.54, 1.807) is 0 Å². The summed E-state index contributed by atoms with van der Waals surface area (Å²) >= 11 is 25.4. The molecule has 0 atom stereocenters. The van der Waals surface area contributed by atoms with Crippen LogP contribution in [0.1, 0.15) is 5.82 Å². The van der Waals surface area contributed by atoms with Crippen LogP contribution in [0.2, 0.25) is 5.02 Å². The minimum atomic E-state index is -1.68. The molecule has 0 amide bonds. The van der Waals surface area contributed by atoms with Gasteiger partial charge in [0.25, 0.3) is 0 Å². The number of nitrogens with zero attached hydrogens (tertiary/aromatic N) is 2. The highest BCUT2D eigenvalue weighted by Gasteiger charge is 2.28. The predicted molar refractivity (Wildman–Crippen MR) is 94.4 cm³/mol. The van der Waals surface area contributed by atoms with Crippen molar-refractivity contribution < 1.29 is 0 Å². The lowest BCUT2D eigenvalue weighted by atomic mass is 10.2. The average molecular weight is 390 g/mol. The van der Waals surface area contributed by atoms with Crippen LogP contribution in [-0.2, 0) is 3.79 Å². The number of halogens is 4. The quantitative estimate of drug-likeness (QED) is 0.382. The molecule has 0 N–H and O–H groups in total. The maximum absolute atomic E-state index is 6.21. The molecule has 0 aliphatic carbocycles. The van der Waals surface area contributed by atoms with Crippen molar-refractivity contribution in [3.8, 4) is 0 Å². The number of hydrogen-bond acceptors (Lipinski definition) is 3. The Labute approximate surface area is 151 Å². The van der Waals surface area contributed by atoms with Gasteiger partial charge in [-0.3, -0.25) is 0 Å². The molecule has 0 saturated heterocycles. The van der Waals surface area contributed by atoms with E-state index in [0.717, 1.165) is 10.3 Å². The molecule has 0 bridgehead atoms. The molecule has 0 saturated carbocycles. The van der Waals surface area contributed by atoms with Crippen LogP contribution in [0, 0.1) is 0 Å². The van der Waals surface area contributed by atoms with Crippen LogP contribution < -0.4 is 0 Å². The van der Waals surface area contributed by atoms with Crippen molar-refractivity contribution in [2.45, 2.75) is 13.7 Å². The summed E-state index contributed by atoms with van der Waals surface area (Å²) in [6.07, 6.45) is 0. The largest absolute Gasteiger partial charge is 0.250 e. The van der Waals surface area contributed by atoms with Crippen molar-refractivity contribution in [1.29, 1.82) is 0 Å². The van der Waals surface area contributed by atoms with E-state index in [1.807, 2.05) is 48.5 Å². The van der Waals surface area contributed by atoms with Crippen molar-refractivity contribution in [2.24, 2.45) is 0 Å². The summed E-state index contributed by atoms with van der Waals surface area (Å²) in [4.78, 5) is 9.60. The number of rotatable bonds is 2. The molecule has 1 heterocycles. The van der Waals surface area contributed by atoms with Gasteiger partial charge >= 0.3 is 0 Å². The number of aromatic nitrogens is 2. The summed E-state index contributed by atoms with van der Waals surface area (Å²) in [6, 6.07) is 15.1. The number of fused-ring (bicyclic) bond motifs is 1. The van der Waals surface area contributed by atoms with Gasteiger partial charge in [0.1, 0.15) is 5.03 Å². The van der Waals surface area contributed by atoms with Crippen LogP contribution >= 0.6 is 58.2 Å². The lowest BCUT2D eigenvalue weighted by molar-refractivity contribution is 0.940.